The van der Waals surface area contributed by atoms with Crippen molar-refractivity contribution in [3.8, 4) is 0 Å². The molecule has 0 amide bonds. The van der Waals surface area contributed by atoms with Crippen molar-refractivity contribution < 1.29 is 28.6 Å². The number of carbonyl (C=O) groups is 3. The summed E-state index contributed by atoms with van der Waals surface area (Å²) < 4.78 is 16.8. The second kappa shape index (κ2) is 62.1. The fraction of sp³-hybridized carbons (Fsp3) is 0.750. The van der Waals surface area contributed by atoms with Crippen LogP contribution in [0.25, 0.3) is 0 Å². The molecular weight excluding hydrogens is 913 g/mol. The van der Waals surface area contributed by atoms with Crippen molar-refractivity contribution in [3.05, 3.63) is 85.1 Å². The maximum absolute atomic E-state index is 12.9. The summed E-state index contributed by atoms with van der Waals surface area (Å²) in [5.41, 5.74) is 0. The van der Waals surface area contributed by atoms with Gasteiger partial charge in [0.1, 0.15) is 13.2 Å². The lowest BCUT2D eigenvalue weighted by Crippen LogP contribution is -2.30. The molecule has 0 aliphatic carbocycles. The molecule has 0 fully saturated rings. The van der Waals surface area contributed by atoms with Crippen LogP contribution in [0, 0.1) is 0 Å². The molecule has 6 nitrogen and oxygen atoms in total. The van der Waals surface area contributed by atoms with Gasteiger partial charge in [0, 0.05) is 12.8 Å². The molecule has 74 heavy (non-hydrogen) atoms. The number of hydrogen-bond acceptors (Lipinski definition) is 6. The Morgan fingerprint density at radius 3 is 0.932 bits per heavy atom. The summed E-state index contributed by atoms with van der Waals surface area (Å²) in [5, 5.41) is 0. The third-order valence-electron chi connectivity index (χ3n) is 13.6. The smallest absolute Gasteiger partial charge is 0.309 e. The van der Waals surface area contributed by atoms with Crippen LogP contribution >= 0.6 is 0 Å². The zero-order chi connectivity index (χ0) is 53.6. The largest absolute Gasteiger partial charge is 0.462 e. The van der Waals surface area contributed by atoms with E-state index in [9.17, 15) is 14.4 Å². The summed E-state index contributed by atoms with van der Waals surface area (Å²) in [4.78, 5) is 38.2. The first kappa shape index (κ1) is 70.6. The fourth-order valence-electron chi connectivity index (χ4n) is 8.92. The predicted octanol–water partition coefficient (Wildman–Crippen LogP) is 21.5. The molecule has 0 heterocycles. The van der Waals surface area contributed by atoms with Crippen molar-refractivity contribution >= 4 is 17.9 Å². The van der Waals surface area contributed by atoms with Crippen LogP contribution < -0.4 is 0 Å². The first-order valence-corrected chi connectivity index (χ1v) is 31.6. The topological polar surface area (TPSA) is 78.9 Å². The lowest BCUT2D eigenvalue weighted by molar-refractivity contribution is -0.166. The number of rotatable bonds is 57. The molecule has 0 spiro atoms. The van der Waals surface area contributed by atoms with Crippen molar-refractivity contribution in [1.82, 2.24) is 0 Å². The molecule has 1 unspecified atom stereocenters. The van der Waals surface area contributed by atoms with Gasteiger partial charge >= 0.3 is 17.9 Å². The van der Waals surface area contributed by atoms with Gasteiger partial charge in [0.2, 0.25) is 0 Å². The number of allylic oxidation sites excluding steroid dienone is 13. The highest BCUT2D eigenvalue weighted by atomic mass is 16.6. The van der Waals surface area contributed by atoms with Gasteiger partial charge in [0.05, 0.1) is 6.42 Å². The Bertz CT molecular complexity index is 1420. The van der Waals surface area contributed by atoms with E-state index in [1.54, 1.807) is 6.08 Å². The summed E-state index contributed by atoms with van der Waals surface area (Å²) >= 11 is 0. The molecule has 1 atom stereocenters. The number of ether oxygens (including phenoxy) is 3. The highest BCUT2D eigenvalue weighted by Crippen LogP contribution is 2.16. The molecule has 0 saturated carbocycles. The van der Waals surface area contributed by atoms with Crippen molar-refractivity contribution in [2.24, 2.45) is 0 Å². The summed E-state index contributed by atoms with van der Waals surface area (Å²) in [7, 11) is 0. The third kappa shape index (κ3) is 59.5. The fourth-order valence-corrected chi connectivity index (χ4v) is 8.92. The van der Waals surface area contributed by atoms with Crippen LogP contribution in [-0.2, 0) is 28.6 Å². The van der Waals surface area contributed by atoms with Crippen molar-refractivity contribution in [2.45, 2.75) is 316 Å². The molecule has 0 rings (SSSR count). The first-order chi connectivity index (χ1) is 36.5. The van der Waals surface area contributed by atoms with Gasteiger partial charge < -0.3 is 14.2 Å². The molecule has 6 heteroatoms. The van der Waals surface area contributed by atoms with E-state index in [0.717, 1.165) is 83.5 Å². The van der Waals surface area contributed by atoms with E-state index in [1.165, 1.54) is 186 Å². The molecule has 0 aromatic heterocycles. The highest BCUT2D eigenvalue weighted by molar-refractivity contribution is 5.72. The van der Waals surface area contributed by atoms with E-state index in [-0.39, 0.29) is 31.6 Å². The van der Waals surface area contributed by atoms with Crippen LogP contribution in [0.3, 0.4) is 0 Å². The number of carbonyl (C=O) groups excluding carboxylic acids is 3. The summed E-state index contributed by atoms with van der Waals surface area (Å²) in [6, 6.07) is 0. The Balaban J connectivity index is 4.37. The van der Waals surface area contributed by atoms with Gasteiger partial charge in [-0.15, -0.1) is 0 Å². The molecule has 0 N–H and O–H groups in total. The van der Waals surface area contributed by atoms with Crippen LogP contribution in [0.1, 0.15) is 310 Å². The van der Waals surface area contributed by atoms with E-state index in [4.69, 9.17) is 14.2 Å². The van der Waals surface area contributed by atoms with Gasteiger partial charge in [-0.05, 0) is 96.3 Å². The third-order valence-corrected chi connectivity index (χ3v) is 13.6. The lowest BCUT2D eigenvalue weighted by Gasteiger charge is -2.18. The van der Waals surface area contributed by atoms with Gasteiger partial charge in [0.25, 0.3) is 0 Å². The summed E-state index contributed by atoms with van der Waals surface area (Å²) in [6.45, 7) is 6.46. The molecule has 0 saturated heterocycles. The van der Waals surface area contributed by atoms with Gasteiger partial charge in [-0.3, -0.25) is 14.4 Å². The van der Waals surface area contributed by atoms with Gasteiger partial charge in [-0.25, -0.2) is 0 Å². The van der Waals surface area contributed by atoms with Crippen LogP contribution in [0.4, 0.5) is 0 Å². The normalized spacial score (nSPS) is 12.6. The van der Waals surface area contributed by atoms with E-state index in [0.29, 0.717) is 12.8 Å². The highest BCUT2D eigenvalue weighted by Gasteiger charge is 2.19. The predicted molar refractivity (Wildman–Crippen MR) is 321 cm³/mol. The van der Waals surface area contributed by atoms with Crippen molar-refractivity contribution in [3.63, 3.8) is 0 Å². The summed E-state index contributed by atoms with van der Waals surface area (Å²) in [6.07, 6.45) is 81.9. The SMILES string of the molecule is CC/C=C\C/C=C\C/C=C\C/C=C\C/C=C\CC(=O)OCC(COC(=O)CCCCCCCCCCCCCCC/C=C\CCCCCCCCCC)OC(=O)CCCCCCC/C=C\CCCCCCCCC. The van der Waals surface area contributed by atoms with Gasteiger partial charge in [0.15, 0.2) is 6.10 Å². The Morgan fingerprint density at radius 2 is 0.581 bits per heavy atom. The Labute approximate surface area is 458 Å². The number of unbranched alkanes of at least 4 members (excludes halogenated alkanes) is 33. The van der Waals surface area contributed by atoms with E-state index < -0.39 is 12.1 Å². The molecule has 0 aromatic carbocycles. The maximum atomic E-state index is 12.9. The zero-order valence-electron chi connectivity index (χ0n) is 48.8. The molecule has 0 radical (unpaired) electrons. The van der Waals surface area contributed by atoms with Crippen molar-refractivity contribution in [1.29, 1.82) is 0 Å². The monoisotopic (exact) mass is 1030 g/mol. The average molecular weight is 1030 g/mol. The number of hydrogen-bond donors (Lipinski definition) is 0. The summed E-state index contributed by atoms with van der Waals surface area (Å²) in [5.74, 6) is -1.04. The molecule has 426 valence electrons. The second-order valence-corrected chi connectivity index (χ2v) is 20.9. The van der Waals surface area contributed by atoms with Crippen LogP contribution in [0.2, 0.25) is 0 Å². The van der Waals surface area contributed by atoms with Gasteiger partial charge in [-0.1, -0.05) is 279 Å². The van der Waals surface area contributed by atoms with E-state index >= 15 is 0 Å². The standard InChI is InChI=1S/C68H118O6/c1-4-7-10-13-16-19-22-25-28-30-31-32-33-34-35-36-37-38-41-43-46-49-52-55-58-61-67(70)73-64-65(63-72-66(69)60-57-54-51-48-45-42-39-27-24-21-18-15-12-9-6-3)74-68(71)62-59-56-53-50-47-44-40-29-26-23-20-17-14-11-8-5-2/h9,12,18,21,27,29-31,39-40,45,48,54,57,65H,4-8,10-11,13-17,19-20,22-26,28,32-38,41-44,46-47,49-53,55-56,58-64H2,1-3H3/b12-9-,21-18-,31-30-,39-27-,40-29-,48-45-,57-54-. The van der Waals surface area contributed by atoms with Crippen LogP contribution in [0.5, 0.6) is 0 Å². The molecular formula is C68H118O6. The molecule has 0 bridgehead atoms. The Kier molecular flexibility index (Phi) is 59.3. The second-order valence-electron chi connectivity index (χ2n) is 20.9. The minimum absolute atomic E-state index is 0.108. The Morgan fingerprint density at radius 1 is 0.297 bits per heavy atom. The van der Waals surface area contributed by atoms with Crippen LogP contribution in [0.15, 0.2) is 85.1 Å². The maximum Gasteiger partial charge on any atom is 0.309 e. The zero-order valence-corrected chi connectivity index (χ0v) is 48.8. The van der Waals surface area contributed by atoms with Crippen LogP contribution in [-0.4, -0.2) is 37.2 Å². The first-order valence-electron chi connectivity index (χ1n) is 31.6. The molecule has 0 aliphatic heterocycles. The van der Waals surface area contributed by atoms with E-state index in [1.807, 2.05) is 6.08 Å². The van der Waals surface area contributed by atoms with E-state index in [2.05, 4.69) is 93.7 Å². The quantitative estimate of drug-likeness (QED) is 0.0261. The minimum Gasteiger partial charge on any atom is -0.462 e. The van der Waals surface area contributed by atoms with Gasteiger partial charge in [-0.2, -0.15) is 0 Å². The lowest BCUT2D eigenvalue weighted by atomic mass is 10.0. The van der Waals surface area contributed by atoms with Crippen molar-refractivity contribution in [2.75, 3.05) is 13.2 Å². The Hall–Kier alpha value is -3.41. The molecule has 0 aliphatic rings. The number of esters is 3. The average Bonchev–Trinajstić information content (AvgIpc) is 3.40. The molecule has 0 aromatic rings. The minimum atomic E-state index is -0.821.